The highest BCUT2D eigenvalue weighted by atomic mass is 19.2. The summed E-state index contributed by atoms with van der Waals surface area (Å²) in [5.41, 5.74) is 6.09. The van der Waals surface area contributed by atoms with Crippen molar-refractivity contribution in [2.45, 2.75) is 220 Å². The lowest BCUT2D eigenvalue weighted by Crippen LogP contribution is -2.29. The monoisotopic (exact) mass is 989 g/mol. The second-order valence-corrected chi connectivity index (χ2v) is 24.4. The van der Waals surface area contributed by atoms with Crippen molar-refractivity contribution in [3.63, 3.8) is 0 Å². The van der Waals surface area contributed by atoms with Crippen molar-refractivity contribution >= 4 is 0 Å². The van der Waals surface area contributed by atoms with E-state index < -0.39 is 23.3 Å². The lowest BCUT2D eigenvalue weighted by molar-refractivity contribution is 0.118. The smallest absolute Gasteiger partial charge is 0.159 e. The van der Waals surface area contributed by atoms with Crippen molar-refractivity contribution in [2.75, 3.05) is 0 Å². The Balaban J connectivity index is 0.000000212. The van der Waals surface area contributed by atoms with Crippen LogP contribution in [0.2, 0.25) is 0 Å². The molecule has 4 atom stereocenters. The number of rotatable bonds is 20. The molecule has 4 aromatic carbocycles. The predicted molar refractivity (Wildman–Crippen MR) is 298 cm³/mol. The lowest BCUT2D eigenvalue weighted by Gasteiger charge is -2.40. The first-order chi connectivity index (χ1) is 34.9. The minimum absolute atomic E-state index is 0.544. The molecule has 0 spiro atoms. The maximum absolute atomic E-state index is 13.6. The van der Waals surface area contributed by atoms with Crippen molar-refractivity contribution in [3.8, 4) is 22.3 Å². The average Bonchev–Trinajstić information content (AvgIpc) is 3.42. The molecule has 4 aliphatic rings. The highest BCUT2D eigenvalue weighted by molar-refractivity contribution is 5.64. The minimum Gasteiger partial charge on any atom is -0.204 e. The molecule has 0 heterocycles. The molecule has 0 aromatic heterocycles. The molecule has 0 bridgehead atoms. The third-order valence-corrected chi connectivity index (χ3v) is 20.1. The molecular formula is C68H96F4. The standard InChI is InChI=1S/C35H50F2.C33H46F2/c1-4-5-6-7-8-9-27-10-12-28(13-11-27)25(2)29-14-16-30(17-15-29)26(3)31-18-20-32(21-19-31)33-22-23-34(36)35(37)24-33;1-4-5-6-7-25-8-10-26(11-9-25)23(2)27-12-14-28(15-13-27)24(3)29-16-18-30(19-17-29)31-20-21-32(34)33(35)22-31/h18-30H,4-17H2,1-3H3;16-28H,4-15H2,1-3H3. The fraction of sp³-hybridized carbons (Fsp3) is 0.647. The van der Waals surface area contributed by atoms with Crippen molar-refractivity contribution in [3.05, 3.63) is 119 Å². The maximum Gasteiger partial charge on any atom is 0.159 e. The van der Waals surface area contributed by atoms with E-state index in [-0.39, 0.29) is 0 Å². The molecule has 396 valence electrons. The molecule has 4 aliphatic carbocycles. The van der Waals surface area contributed by atoms with Crippen LogP contribution in [0.5, 0.6) is 0 Å². The van der Waals surface area contributed by atoms with E-state index in [2.05, 4.69) is 90.1 Å². The minimum atomic E-state index is -0.793. The Morgan fingerprint density at radius 3 is 0.972 bits per heavy atom. The van der Waals surface area contributed by atoms with E-state index in [0.29, 0.717) is 11.8 Å². The summed E-state index contributed by atoms with van der Waals surface area (Å²) >= 11 is 0. The molecule has 0 radical (unpaired) electrons. The Morgan fingerprint density at radius 2 is 0.625 bits per heavy atom. The molecule has 4 unspecified atom stereocenters. The summed E-state index contributed by atoms with van der Waals surface area (Å²) in [6.45, 7) is 14.5. The van der Waals surface area contributed by atoms with Crippen molar-refractivity contribution < 1.29 is 17.6 Å². The largest absolute Gasteiger partial charge is 0.204 e. The maximum atomic E-state index is 13.6. The summed E-state index contributed by atoms with van der Waals surface area (Å²) in [7, 11) is 0. The quantitative estimate of drug-likeness (QED) is 0.0611. The van der Waals surface area contributed by atoms with Gasteiger partial charge in [-0.15, -0.1) is 0 Å². The number of halogens is 4. The summed E-state index contributed by atoms with van der Waals surface area (Å²) in [6, 6.07) is 25.3. The van der Waals surface area contributed by atoms with E-state index in [0.717, 1.165) is 81.4 Å². The Labute approximate surface area is 436 Å². The van der Waals surface area contributed by atoms with Crippen LogP contribution in [0.1, 0.15) is 231 Å². The van der Waals surface area contributed by atoms with E-state index >= 15 is 0 Å². The molecule has 0 amide bonds. The highest BCUT2D eigenvalue weighted by Gasteiger charge is 2.35. The van der Waals surface area contributed by atoms with Gasteiger partial charge in [0.05, 0.1) is 0 Å². The van der Waals surface area contributed by atoms with Gasteiger partial charge in [-0.05, 0) is 206 Å². The van der Waals surface area contributed by atoms with E-state index in [1.807, 2.05) is 0 Å². The number of hydrogen-bond donors (Lipinski definition) is 0. The Hall–Kier alpha value is -3.40. The Bertz CT molecular complexity index is 2140. The van der Waals surface area contributed by atoms with Gasteiger partial charge in [0.25, 0.3) is 0 Å². The zero-order valence-corrected chi connectivity index (χ0v) is 45.9. The van der Waals surface area contributed by atoms with Crippen LogP contribution in [0.25, 0.3) is 22.3 Å². The van der Waals surface area contributed by atoms with Gasteiger partial charge in [-0.25, -0.2) is 17.6 Å². The number of hydrogen-bond acceptors (Lipinski definition) is 0. The first-order valence-corrected chi connectivity index (χ1v) is 30.0. The van der Waals surface area contributed by atoms with Gasteiger partial charge < -0.3 is 0 Å². The van der Waals surface area contributed by atoms with E-state index in [9.17, 15) is 17.6 Å². The summed E-state index contributed by atoms with van der Waals surface area (Å²) in [5.74, 6) is 6.97. The third-order valence-electron chi connectivity index (χ3n) is 20.1. The first-order valence-electron chi connectivity index (χ1n) is 30.0. The van der Waals surface area contributed by atoms with Crippen LogP contribution in [0.3, 0.4) is 0 Å². The molecule has 4 aromatic rings. The molecule has 4 heteroatoms. The van der Waals surface area contributed by atoms with Crippen LogP contribution >= 0.6 is 0 Å². The van der Waals surface area contributed by atoms with Crippen LogP contribution in [-0.4, -0.2) is 0 Å². The fourth-order valence-corrected chi connectivity index (χ4v) is 14.7. The molecule has 4 saturated carbocycles. The van der Waals surface area contributed by atoms with Gasteiger partial charge in [0, 0.05) is 0 Å². The van der Waals surface area contributed by atoms with Gasteiger partial charge in [-0.1, -0.05) is 192 Å². The van der Waals surface area contributed by atoms with E-state index in [1.165, 1.54) is 202 Å². The summed E-state index contributed by atoms with van der Waals surface area (Å²) in [4.78, 5) is 0. The summed E-state index contributed by atoms with van der Waals surface area (Å²) < 4.78 is 53.8. The predicted octanol–water partition coefficient (Wildman–Crippen LogP) is 21.9. The van der Waals surface area contributed by atoms with Gasteiger partial charge in [0.1, 0.15) is 0 Å². The zero-order chi connectivity index (χ0) is 51.0. The summed E-state index contributed by atoms with van der Waals surface area (Å²) in [5, 5.41) is 0. The first kappa shape index (κ1) is 56.3. The molecule has 0 saturated heterocycles. The topological polar surface area (TPSA) is 0 Å². The normalized spacial score (nSPS) is 26.5. The Morgan fingerprint density at radius 1 is 0.333 bits per heavy atom. The molecular weight excluding hydrogens is 893 g/mol. The van der Waals surface area contributed by atoms with Gasteiger partial charge in [0.15, 0.2) is 23.3 Å². The van der Waals surface area contributed by atoms with Crippen molar-refractivity contribution in [1.29, 1.82) is 0 Å². The lowest BCUT2D eigenvalue weighted by atomic mass is 9.65. The van der Waals surface area contributed by atoms with Crippen molar-refractivity contribution in [1.82, 2.24) is 0 Å². The molecule has 0 aliphatic heterocycles. The second kappa shape index (κ2) is 28.5. The van der Waals surface area contributed by atoms with E-state index in [4.69, 9.17) is 0 Å². The second-order valence-electron chi connectivity index (χ2n) is 24.4. The molecule has 0 nitrogen and oxygen atoms in total. The zero-order valence-electron chi connectivity index (χ0n) is 45.9. The third kappa shape index (κ3) is 15.8. The molecule has 4 fully saturated rings. The molecule has 72 heavy (non-hydrogen) atoms. The van der Waals surface area contributed by atoms with Gasteiger partial charge in [0.2, 0.25) is 0 Å². The average molecular weight is 990 g/mol. The SMILES string of the molecule is CCCCCC1CCC(C(C)C2CCC(C(C)c3ccc(-c4ccc(F)c(F)c4)cc3)CC2)CC1.CCCCCCCC1CCC(C(C)C2CCC(C(C)c3ccc(-c4ccc(F)c(F)c4)cc3)CC2)CC1. The number of benzene rings is 4. The fourth-order valence-electron chi connectivity index (χ4n) is 14.7. The van der Waals surface area contributed by atoms with Crippen LogP contribution < -0.4 is 0 Å². The van der Waals surface area contributed by atoms with Crippen LogP contribution in [0.15, 0.2) is 84.9 Å². The van der Waals surface area contributed by atoms with Gasteiger partial charge >= 0.3 is 0 Å². The summed E-state index contributed by atoms with van der Waals surface area (Å²) in [6.07, 6.45) is 37.0. The van der Waals surface area contributed by atoms with Crippen LogP contribution in [0.4, 0.5) is 17.6 Å². The van der Waals surface area contributed by atoms with E-state index in [1.54, 1.807) is 12.1 Å². The Kier molecular flexibility index (Phi) is 22.3. The molecule has 0 N–H and O–H groups in total. The van der Waals surface area contributed by atoms with Crippen LogP contribution in [0, 0.1) is 82.4 Å². The highest BCUT2D eigenvalue weighted by Crippen LogP contribution is 2.47. The van der Waals surface area contributed by atoms with Gasteiger partial charge in [-0.3, -0.25) is 0 Å². The molecule has 8 rings (SSSR count). The van der Waals surface area contributed by atoms with Crippen molar-refractivity contribution in [2.24, 2.45) is 59.2 Å². The van der Waals surface area contributed by atoms with Gasteiger partial charge in [-0.2, -0.15) is 0 Å². The van der Waals surface area contributed by atoms with Crippen LogP contribution in [-0.2, 0) is 0 Å². The number of unbranched alkanes of at least 4 members (excludes halogenated alkanes) is 6.